The topological polar surface area (TPSA) is 29.1 Å². The van der Waals surface area contributed by atoms with Gasteiger partial charge in [0.25, 0.3) is 0 Å². The number of benzene rings is 1. The molecule has 0 aliphatic heterocycles. The molecule has 3 heteroatoms. The molecule has 1 amide bonds. The Morgan fingerprint density at radius 2 is 1.74 bits per heavy atom. The van der Waals surface area contributed by atoms with Gasteiger partial charge < -0.3 is 5.32 Å². The van der Waals surface area contributed by atoms with Gasteiger partial charge in [-0.2, -0.15) is 0 Å². The summed E-state index contributed by atoms with van der Waals surface area (Å²) in [6.07, 6.45) is 8.45. The molecule has 0 aliphatic carbocycles. The van der Waals surface area contributed by atoms with Crippen molar-refractivity contribution in [1.82, 2.24) is 0 Å². The number of unbranched alkanes of at least 4 members (excludes halogenated alkanes) is 5. The normalized spacial score (nSPS) is 12.1. The summed E-state index contributed by atoms with van der Waals surface area (Å²) < 4.78 is 0. The van der Waals surface area contributed by atoms with Crippen LogP contribution in [0.15, 0.2) is 30.3 Å². The average molecular weight is 326 g/mol. The standard InChI is InChI=1S/C16H24BrNO/c1-2-3-4-5-6-10-13-15(17)16(19)18-14-11-8-7-9-12-14/h7-9,11-12,15H,2-6,10,13H2,1H3,(H,18,19). The molecular weight excluding hydrogens is 302 g/mol. The van der Waals surface area contributed by atoms with Crippen molar-refractivity contribution in [2.45, 2.75) is 56.7 Å². The van der Waals surface area contributed by atoms with Crippen molar-refractivity contribution < 1.29 is 4.79 Å². The van der Waals surface area contributed by atoms with Crippen molar-refractivity contribution in [3.63, 3.8) is 0 Å². The van der Waals surface area contributed by atoms with Crippen LogP contribution in [0.2, 0.25) is 0 Å². The molecule has 106 valence electrons. The summed E-state index contributed by atoms with van der Waals surface area (Å²) in [7, 11) is 0. The highest BCUT2D eigenvalue weighted by Gasteiger charge is 2.14. The highest BCUT2D eigenvalue weighted by atomic mass is 79.9. The van der Waals surface area contributed by atoms with E-state index in [0.29, 0.717) is 0 Å². The molecule has 0 saturated carbocycles. The van der Waals surface area contributed by atoms with E-state index in [0.717, 1.165) is 18.5 Å². The zero-order valence-corrected chi connectivity index (χ0v) is 13.3. The van der Waals surface area contributed by atoms with Gasteiger partial charge in [0.05, 0.1) is 4.83 Å². The van der Waals surface area contributed by atoms with Crippen molar-refractivity contribution in [2.75, 3.05) is 5.32 Å². The lowest BCUT2D eigenvalue weighted by molar-refractivity contribution is -0.115. The van der Waals surface area contributed by atoms with Gasteiger partial charge >= 0.3 is 0 Å². The molecule has 0 bridgehead atoms. The average Bonchev–Trinajstić information content (AvgIpc) is 2.43. The van der Waals surface area contributed by atoms with Crippen LogP contribution in [-0.4, -0.2) is 10.7 Å². The number of alkyl halides is 1. The molecule has 1 aromatic carbocycles. The van der Waals surface area contributed by atoms with Crippen molar-refractivity contribution in [1.29, 1.82) is 0 Å². The summed E-state index contributed by atoms with van der Waals surface area (Å²) in [4.78, 5) is 11.8. The molecule has 19 heavy (non-hydrogen) atoms. The molecule has 0 radical (unpaired) electrons. The van der Waals surface area contributed by atoms with E-state index in [1.807, 2.05) is 30.3 Å². The van der Waals surface area contributed by atoms with Crippen LogP contribution in [0.1, 0.15) is 51.9 Å². The quantitative estimate of drug-likeness (QED) is 0.494. The van der Waals surface area contributed by atoms with Crippen LogP contribution < -0.4 is 5.32 Å². The summed E-state index contributed by atoms with van der Waals surface area (Å²) in [6, 6.07) is 9.60. The van der Waals surface area contributed by atoms with E-state index < -0.39 is 0 Å². The van der Waals surface area contributed by atoms with E-state index in [2.05, 4.69) is 28.2 Å². The summed E-state index contributed by atoms with van der Waals surface area (Å²) in [5.41, 5.74) is 0.861. The molecule has 2 nitrogen and oxygen atoms in total. The number of halogens is 1. The Labute approximate surface area is 125 Å². The molecular formula is C16H24BrNO. The first-order valence-electron chi connectivity index (χ1n) is 7.24. The van der Waals surface area contributed by atoms with Gasteiger partial charge in [0.1, 0.15) is 0 Å². The zero-order chi connectivity index (χ0) is 13.9. The largest absolute Gasteiger partial charge is 0.325 e. The number of nitrogens with one attached hydrogen (secondary N) is 1. The van der Waals surface area contributed by atoms with Gasteiger partial charge in [0, 0.05) is 5.69 Å². The van der Waals surface area contributed by atoms with E-state index in [1.54, 1.807) is 0 Å². The minimum atomic E-state index is -0.0844. The highest BCUT2D eigenvalue weighted by molar-refractivity contribution is 9.10. The number of amides is 1. The predicted molar refractivity (Wildman–Crippen MR) is 85.8 cm³/mol. The highest BCUT2D eigenvalue weighted by Crippen LogP contribution is 2.15. The first-order chi connectivity index (χ1) is 9.24. The fourth-order valence-corrected chi connectivity index (χ4v) is 2.42. The molecule has 1 atom stereocenters. The molecule has 1 aromatic rings. The molecule has 0 heterocycles. The maximum absolute atomic E-state index is 11.9. The number of carbonyl (C=O) groups excluding carboxylic acids is 1. The lowest BCUT2D eigenvalue weighted by Crippen LogP contribution is -2.22. The van der Waals surface area contributed by atoms with Crippen LogP contribution in [0.25, 0.3) is 0 Å². The Morgan fingerprint density at radius 3 is 2.42 bits per heavy atom. The van der Waals surface area contributed by atoms with Crippen LogP contribution in [0.3, 0.4) is 0 Å². The van der Waals surface area contributed by atoms with Crippen LogP contribution in [-0.2, 0) is 4.79 Å². The molecule has 1 N–H and O–H groups in total. The van der Waals surface area contributed by atoms with Gasteiger partial charge in [0.2, 0.25) is 5.91 Å². The van der Waals surface area contributed by atoms with E-state index in [4.69, 9.17) is 0 Å². The monoisotopic (exact) mass is 325 g/mol. The van der Waals surface area contributed by atoms with Crippen molar-refractivity contribution in [2.24, 2.45) is 0 Å². The molecule has 0 fully saturated rings. The van der Waals surface area contributed by atoms with Gasteiger partial charge in [-0.15, -0.1) is 0 Å². The number of para-hydroxylation sites is 1. The number of hydrogen-bond acceptors (Lipinski definition) is 1. The van der Waals surface area contributed by atoms with Gasteiger partial charge in [-0.1, -0.05) is 79.6 Å². The maximum atomic E-state index is 11.9. The lowest BCUT2D eigenvalue weighted by Gasteiger charge is -2.10. The third-order valence-corrected chi connectivity index (χ3v) is 4.01. The zero-order valence-electron chi connectivity index (χ0n) is 11.7. The van der Waals surface area contributed by atoms with Gasteiger partial charge in [-0.05, 0) is 18.6 Å². The van der Waals surface area contributed by atoms with Crippen molar-refractivity contribution in [3.05, 3.63) is 30.3 Å². The van der Waals surface area contributed by atoms with Crippen LogP contribution in [0.5, 0.6) is 0 Å². The molecule has 1 unspecified atom stereocenters. The Balaban J connectivity index is 2.15. The molecule has 1 rings (SSSR count). The van der Waals surface area contributed by atoms with Gasteiger partial charge in [0.15, 0.2) is 0 Å². The van der Waals surface area contributed by atoms with Gasteiger partial charge in [-0.25, -0.2) is 0 Å². The fraction of sp³-hybridized carbons (Fsp3) is 0.562. The lowest BCUT2D eigenvalue weighted by atomic mass is 10.1. The Morgan fingerprint density at radius 1 is 1.11 bits per heavy atom. The number of hydrogen-bond donors (Lipinski definition) is 1. The van der Waals surface area contributed by atoms with Crippen LogP contribution in [0, 0.1) is 0 Å². The first-order valence-corrected chi connectivity index (χ1v) is 8.15. The van der Waals surface area contributed by atoms with E-state index in [1.165, 1.54) is 32.1 Å². The molecule has 0 saturated heterocycles. The summed E-state index contributed by atoms with van der Waals surface area (Å²) in [5, 5.41) is 2.92. The summed E-state index contributed by atoms with van der Waals surface area (Å²) >= 11 is 3.47. The van der Waals surface area contributed by atoms with Crippen molar-refractivity contribution in [3.8, 4) is 0 Å². The molecule has 0 spiro atoms. The second-order valence-corrected chi connectivity index (χ2v) is 5.98. The number of anilines is 1. The molecule has 0 aromatic heterocycles. The summed E-state index contributed by atoms with van der Waals surface area (Å²) in [6.45, 7) is 2.22. The Bertz CT molecular complexity index is 353. The first kappa shape index (κ1) is 16.2. The number of carbonyl (C=O) groups is 1. The van der Waals surface area contributed by atoms with E-state index in [9.17, 15) is 4.79 Å². The minimum absolute atomic E-state index is 0.0553. The Kier molecular flexibility index (Phi) is 8.55. The maximum Gasteiger partial charge on any atom is 0.238 e. The van der Waals surface area contributed by atoms with Crippen LogP contribution >= 0.6 is 15.9 Å². The van der Waals surface area contributed by atoms with E-state index in [-0.39, 0.29) is 10.7 Å². The summed E-state index contributed by atoms with van der Waals surface area (Å²) in [5.74, 6) is 0.0553. The van der Waals surface area contributed by atoms with Gasteiger partial charge in [-0.3, -0.25) is 4.79 Å². The second-order valence-electron chi connectivity index (χ2n) is 4.88. The minimum Gasteiger partial charge on any atom is -0.325 e. The van der Waals surface area contributed by atoms with E-state index >= 15 is 0 Å². The fourth-order valence-electron chi connectivity index (χ4n) is 1.98. The molecule has 0 aliphatic rings. The second kappa shape index (κ2) is 10.0. The van der Waals surface area contributed by atoms with Crippen molar-refractivity contribution >= 4 is 27.5 Å². The third-order valence-electron chi connectivity index (χ3n) is 3.14. The van der Waals surface area contributed by atoms with Crippen LogP contribution in [0.4, 0.5) is 5.69 Å². The number of rotatable bonds is 9. The smallest absolute Gasteiger partial charge is 0.238 e. The predicted octanol–water partition coefficient (Wildman–Crippen LogP) is 5.14. The SMILES string of the molecule is CCCCCCCCC(Br)C(=O)Nc1ccccc1. The third kappa shape index (κ3) is 7.36. The Hall–Kier alpha value is -0.830.